The summed E-state index contributed by atoms with van der Waals surface area (Å²) in [4.78, 5) is 10.7. The molecule has 0 fully saturated rings. The molecule has 0 aliphatic heterocycles. The average Bonchev–Trinajstić information content (AvgIpc) is 2.40. The van der Waals surface area contributed by atoms with E-state index in [1.807, 2.05) is 0 Å². The first-order valence-electron chi connectivity index (χ1n) is 5.71. The molecule has 0 amide bonds. The molecule has 1 N–H and O–H groups in total. The number of carbonyl (C=O) groups is 1. The minimum atomic E-state index is -4.83. The van der Waals surface area contributed by atoms with Gasteiger partial charge in [-0.3, -0.25) is 0 Å². The SMILES string of the molecule is O=C(O)c1ccc(Oc2ccccc2OC(F)(F)F)cc1. The van der Waals surface area contributed by atoms with Gasteiger partial charge >= 0.3 is 12.3 Å². The Morgan fingerprint density at radius 3 is 2.05 bits per heavy atom. The second-order valence-corrected chi connectivity index (χ2v) is 3.93. The molecule has 21 heavy (non-hydrogen) atoms. The number of para-hydroxylation sites is 2. The first kappa shape index (κ1) is 14.7. The number of halogens is 3. The molecule has 0 saturated heterocycles. The molecule has 110 valence electrons. The van der Waals surface area contributed by atoms with Crippen molar-refractivity contribution in [3.63, 3.8) is 0 Å². The van der Waals surface area contributed by atoms with Gasteiger partial charge in [-0.1, -0.05) is 12.1 Å². The van der Waals surface area contributed by atoms with E-state index in [-0.39, 0.29) is 17.1 Å². The highest BCUT2D eigenvalue weighted by molar-refractivity contribution is 5.87. The molecule has 2 rings (SSSR count). The molecule has 0 bridgehead atoms. The lowest BCUT2D eigenvalue weighted by molar-refractivity contribution is -0.275. The molecule has 0 aromatic heterocycles. The highest BCUT2D eigenvalue weighted by atomic mass is 19.4. The topological polar surface area (TPSA) is 55.8 Å². The van der Waals surface area contributed by atoms with E-state index in [1.165, 1.54) is 42.5 Å². The first-order chi connectivity index (χ1) is 9.85. The number of ether oxygens (including phenoxy) is 2. The van der Waals surface area contributed by atoms with E-state index in [9.17, 15) is 18.0 Å². The molecule has 4 nitrogen and oxygen atoms in total. The van der Waals surface area contributed by atoms with Crippen molar-refractivity contribution in [3.05, 3.63) is 54.1 Å². The fourth-order valence-electron chi connectivity index (χ4n) is 1.54. The fraction of sp³-hybridized carbons (Fsp3) is 0.0714. The van der Waals surface area contributed by atoms with Crippen LogP contribution in [-0.4, -0.2) is 17.4 Å². The van der Waals surface area contributed by atoms with Gasteiger partial charge < -0.3 is 14.6 Å². The van der Waals surface area contributed by atoms with Gasteiger partial charge in [-0.2, -0.15) is 0 Å². The fourth-order valence-corrected chi connectivity index (χ4v) is 1.54. The van der Waals surface area contributed by atoms with Gasteiger partial charge in [0.1, 0.15) is 5.75 Å². The summed E-state index contributed by atoms with van der Waals surface area (Å²) >= 11 is 0. The van der Waals surface area contributed by atoms with Crippen molar-refractivity contribution < 1.29 is 32.5 Å². The summed E-state index contributed by atoms with van der Waals surface area (Å²) in [6.07, 6.45) is -4.83. The minimum absolute atomic E-state index is 0.0437. The number of alkyl halides is 3. The van der Waals surface area contributed by atoms with Crippen LogP contribution in [0.15, 0.2) is 48.5 Å². The number of carboxylic acids is 1. The number of rotatable bonds is 4. The summed E-state index contributed by atoms with van der Waals surface area (Å²) in [6.45, 7) is 0. The third-order valence-electron chi connectivity index (χ3n) is 2.40. The molecular weight excluding hydrogens is 289 g/mol. The molecule has 7 heteroatoms. The molecule has 0 atom stereocenters. The normalized spacial score (nSPS) is 11.0. The van der Waals surface area contributed by atoms with Crippen LogP contribution >= 0.6 is 0 Å². The summed E-state index contributed by atoms with van der Waals surface area (Å²) in [7, 11) is 0. The third kappa shape index (κ3) is 4.13. The molecule has 2 aromatic carbocycles. The van der Waals surface area contributed by atoms with Crippen LogP contribution in [0.3, 0.4) is 0 Å². The Balaban J connectivity index is 2.21. The molecule has 0 spiro atoms. The van der Waals surface area contributed by atoms with Crippen molar-refractivity contribution in [2.45, 2.75) is 6.36 Å². The van der Waals surface area contributed by atoms with E-state index in [0.29, 0.717) is 0 Å². The molecule has 2 aromatic rings. The van der Waals surface area contributed by atoms with E-state index in [4.69, 9.17) is 9.84 Å². The van der Waals surface area contributed by atoms with Crippen LogP contribution in [0.4, 0.5) is 13.2 Å². The average molecular weight is 298 g/mol. The van der Waals surface area contributed by atoms with Crippen LogP contribution in [0.5, 0.6) is 17.2 Å². The van der Waals surface area contributed by atoms with Crippen LogP contribution < -0.4 is 9.47 Å². The van der Waals surface area contributed by atoms with Crippen molar-refractivity contribution in [1.29, 1.82) is 0 Å². The number of hydrogen-bond acceptors (Lipinski definition) is 3. The van der Waals surface area contributed by atoms with Gasteiger partial charge in [-0.15, -0.1) is 13.2 Å². The smallest absolute Gasteiger partial charge is 0.478 e. The lowest BCUT2D eigenvalue weighted by Gasteiger charge is -2.13. The second kappa shape index (κ2) is 5.74. The van der Waals surface area contributed by atoms with Crippen LogP contribution in [0, 0.1) is 0 Å². The molecule has 0 radical (unpaired) electrons. The van der Waals surface area contributed by atoms with E-state index in [1.54, 1.807) is 0 Å². The zero-order chi connectivity index (χ0) is 15.5. The molecule has 0 aliphatic carbocycles. The van der Waals surface area contributed by atoms with Crippen molar-refractivity contribution in [3.8, 4) is 17.2 Å². The van der Waals surface area contributed by atoms with Crippen molar-refractivity contribution in [2.75, 3.05) is 0 Å². The predicted octanol–water partition coefficient (Wildman–Crippen LogP) is 4.08. The van der Waals surface area contributed by atoms with E-state index in [0.717, 1.165) is 6.07 Å². The van der Waals surface area contributed by atoms with Crippen molar-refractivity contribution in [1.82, 2.24) is 0 Å². The highest BCUT2D eigenvalue weighted by Crippen LogP contribution is 2.34. The predicted molar refractivity (Wildman–Crippen MR) is 66.6 cm³/mol. The van der Waals surface area contributed by atoms with Gasteiger partial charge in [0.25, 0.3) is 0 Å². The van der Waals surface area contributed by atoms with Crippen LogP contribution in [0.25, 0.3) is 0 Å². The van der Waals surface area contributed by atoms with E-state index >= 15 is 0 Å². The molecule has 0 aliphatic rings. The maximum atomic E-state index is 12.3. The number of benzene rings is 2. The summed E-state index contributed by atoms with van der Waals surface area (Å²) in [5.41, 5.74) is 0.0437. The van der Waals surface area contributed by atoms with Crippen LogP contribution in [0.1, 0.15) is 10.4 Å². The van der Waals surface area contributed by atoms with Gasteiger partial charge in [0.2, 0.25) is 0 Å². The number of aromatic carboxylic acids is 1. The lowest BCUT2D eigenvalue weighted by atomic mass is 10.2. The summed E-state index contributed by atoms with van der Waals surface area (Å²) < 4.78 is 45.9. The first-order valence-corrected chi connectivity index (χ1v) is 5.71. The quantitative estimate of drug-likeness (QED) is 0.924. The van der Waals surface area contributed by atoms with Crippen molar-refractivity contribution >= 4 is 5.97 Å². The molecular formula is C14H9F3O4. The Hall–Kier alpha value is -2.70. The van der Waals surface area contributed by atoms with Crippen molar-refractivity contribution in [2.24, 2.45) is 0 Å². The second-order valence-electron chi connectivity index (χ2n) is 3.93. The van der Waals surface area contributed by atoms with Gasteiger partial charge in [-0.05, 0) is 36.4 Å². The Kier molecular flexibility index (Phi) is 4.02. The molecule has 0 heterocycles. The van der Waals surface area contributed by atoms with E-state index in [2.05, 4.69) is 4.74 Å². The Bertz CT molecular complexity index is 635. The minimum Gasteiger partial charge on any atom is -0.478 e. The Morgan fingerprint density at radius 2 is 1.52 bits per heavy atom. The number of carboxylic acid groups (broad SMARTS) is 1. The number of hydrogen-bond donors (Lipinski definition) is 1. The highest BCUT2D eigenvalue weighted by Gasteiger charge is 2.32. The molecule has 0 saturated carbocycles. The van der Waals surface area contributed by atoms with Gasteiger partial charge in [-0.25, -0.2) is 4.79 Å². The van der Waals surface area contributed by atoms with Crippen LogP contribution in [0.2, 0.25) is 0 Å². The van der Waals surface area contributed by atoms with Gasteiger partial charge in [0, 0.05) is 0 Å². The zero-order valence-electron chi connectivity index (χ0n) is 10.4. The van der Waals surface area contributed by atoms with Crippen LogP contribution in [-0.2, 0) is 0 Å². The summed E-state index contributed by atoms with van der Waals surface area (Å²) in [5.74, 6) is -1.52. The third-order valence-corrected chi connectivity index (χ3v) is 2.40. The summed E-state index contributed by atoms with van der Waals surface area (Å²) in [5, 5.41) is 8.75. The Labute approximate surface area is 117 Å². The maximum absolute atomic E-state index is 12.3. The van der Waals surface area contributed by atoms with E-state index < -0.39 is 18.1 Å². The monoisotopic (exact) mass is 298 g/mol. The Morgan fingerprint density at radius 1 is 0.952 bits per heavy atom. The standard InChI is InChI=1S/C14H9F3O4/c15-14(16,17)21-12-4-2-1-3-11(12)20-10-7-5-9(6-8-10)13(18)19/h1-8H,(H,18,19). The molecule has 0 unspecified atom stereocenters. The lowest BCUT2D eigenvalue weighted by Crippen LogP contribution is -2.17. The maximum Gasteiger partial charge on any atom is 0.573 e. The van der Waals surface area contributed by atoms with Gasteiger partial charge in [0.05, 0.1) is 5.56 Å². The zero-order valence-corrected chi connectivity index (χ0v) is 10.4. The summed E-state index contributed by atoms with van der Waals surface area (Å²) in [6, 6.07) is 10.5. The largest absolute Gasteiger partial charge is 0.573 e. The van der Waals surface area contributed by atoms with Gasteiger partial charge in [0.15, 0.2) is 11.5 Å².